The molecule has 2 aliphatic heterocycles. The standard InChI is InChI=1S/C17H22N6O/c24-17(13-10-21-6-2-1-3-14(21)18-13)22-7-8-23-15(9-12-4-5-12)19-20-16(23)11-22/h10,12H,1-9,11H2. The monoisotopic (exact) mass is 326 g/mol. The molecule has 24 heavy (non-hydrogen) atoms. The van der Waals surface area contributed by atoms with Crippen molar-refractivity contribution >= 4 is 5.91 Å². The number of rotatable bonds is 3. The van der Waals surface area contributed by atoms with E-state index in [1.807, 2.05) is 11.1 Å². The lowest BCUT2D eigenvalue weighted by atomic mass is 10.2. The molecule has 7 nitrogen and oxygen atoms in total. The van der Waals surface area contributed by atoms with Crippen LogP contribution in [0, 0.1) is 5.92 Å². The molecule has 0 N–H and O–H groups in total. The van der Waals surface area contributed by atoms with E-state index in [0.29, 0.717) is 18.8 Å². The molecule has 126 valence electrons. The van der Waals surface area contributed by atoms with Crippen molar-refractivity contribution in [3.63, 3.8) is 0 Å². The number of nitrogens with zero attached hydrogens (tertiary/aromatic N) is 6. The zero-order valence-corrected chi connectivity index (χ0v) is 13.8. The average molecular weight is 326 g/mol. The van der Waals surface area contributed by atoms with E-state index in [1.54, 1.807) is 0 Å². The summed E-state index contributed by atoms with van der Waals surface area (Å²) in [7, 11) is 0. The normalized spacial score (nSPS) is 19.9. The number of hydrogen-bond acceptors (Lipinski definition) is 4. The Hall–Kier alpha value is -2.18. The lowest BCUT2D eigenvalue weighted by Crippen LogP contribution is -2.39. The topological polar surface area (TPSA) is 68.8 Å². The van der Waals surface area contributed by atoms with Gasteiger partial charge in [0.25, 0.3) is 5.91 Å². The van der Waals surface area contributed by atoms with Crippen LogP contribution in [0.1, 0.15) is 53.6 Å². The molecule has 0 spiro atoms. The number of fused-ring (bicyclic) bond motifs is 2. The predicted octanol–water partition coefficient (Wildman–Crippen LogP) is 1.42. The molecule has 0 unspecified atom stereocenters. The Morgan fingerprint density at radius 1 is 1.12 bits per heavy atom. The van der Waals surface area contributed by atoms with Gasteiger partial charge in [0.15, 0.2) is 5.82 Å². The van der Waals surface area contributed by atoms with E-state index in [9.17, 15) is 4.79 Å². The van der Waals surface area contributed by atoms with Crippen LogP contribution in [0.3, 0.4) is 0 Å². The van der Waals surface area contributed by atoms with Gasteiger partial charge in [-0.15, -0.1) is 10.2 Å². The maximum atomic E-state index is 12.8. The maximum Gasteiger partial charge on any atom is 0.274 e. The molecule has 1 fully saturated rings. The second-order valence-corrected chi connectivity index (χ2v) is 7.25. The molecule has 3 aliphatic rings. The number of carbonyl (C=O) groups excluding carboxylic acids is 1. The van der Waals surface area contributed by atoms with E-state index in [0.717, 1.165) is 49.3 Å². The number of aromatic nitrogens is 5. The highest BCUT2D eigenvalue weighted by Gasteiger charge is 2.30. The molecule has 4 heterocycles. The van der Waals surface area contributed by atoms with E-state index >= 15 is 0 Å². The van der Waals surface area contributed by atoms with Gasteiger partial charge in [0.05, 0.1) is 6.54 Å². The lowest BCUT2D eigenvalue weighted by molar-refractivity contribution is 0.0700. The van der Waals surface area contributed by atoms with Gasteiger partial charge in [-0.05, 0) is 31.6 Å². The van der Waals surface area contributed by atoms with Crippen LogP contribution in [0.15, 0.2) is 6.20 Å². The van der Waals surface area contributed by atoms with Crippen LogP contribution in [0.2, 0.25) is 0 Å². The average Bonchev–Trinajstić information content (AvgIpc) is 3.18. The number of aryl methyl sites for hydroxylation is 2. The van der Waals surface area contributed by atoms with Crippen LogP contribution in [0.4, 0.5) is 0 Å². The molecular weight excluding hydrogens is 304 g/mol. The Kier molecular flexibility index (Phi) is 3.21. The van der Waals surface area contributed by atoms with E-state index in [1.165, 1.54) is 25.7 Å². The summed E-state index contributed by atoms with van der Waals surface area (Å²) in [5.41, 5.74) is 0.582. The van der Waals surface area contributed by atoms with Gasteiger partial charge in [-0.25, -0.2) is 4.98 Å². The van der Waals surface area contributed by atoms with Gasteiger partial charge in [0, 0.05) is 38.7 Å². The molecule has 7 heteroatoms. The summed E-state index contributed by atoms with van der Waals surface area (Å²) < 4.78 is 4.34. The number of carbonyl (C=O) groups is 1. The second-order valence-electron chi connectivity index (χ2n) is 7.25. The van der Waals surface area contributed by atoms with Gasteiger partial charge in [-0.2, -0.15) is 0 Å². The number of imidazole rings is 1. The van der Waals surface area contributed by atoms with Crippen molar-refractivity contribution in [1.82, 2.24) is 29.2 Å². The summed E-state index contributed by atoms with van der Waals surface area (Å²) in [6, 6.07) is 0. The van der Waals surface area contributed by atoms with E-state index in [4.69, 9.17) is 0 Å². The van der Waals surface area contributed by atoms with Gasteiger partial charge in [-0.3, -0.25) is 4.79 Å². The van der Waals surface area contributed by atoms with Crippen molar-refractivity contribution < 1.29 is 4.79 Å². The largest absolute Gasteiger partial charge is 0.334 e. The van der Waals surface area contributed by atoms with Gasteiger partial charge in [0.2, 0.25) is 0 Å². The molecule has 2 aromatic rings. The molecule has 0 radical (unpaired) electrons. The number of amides is 1. The summed E-state index contributed by atoms with van der Waals surface area (Å²) >= 11 is 0. The van der Waals surface area contributed by atoms with Gasteiger partial charge in [-0.1, -0.05) is 0 Å². The fourth-order valence-electron chi connectivity index (χ4n) is 3.80. The molecule has 0 bridgehead atoms. The molecule has 1 aliphatic carbocycles. The highest BCUT2D eigenvalue weighted by molar-refractivity contribution is 5.92. The Bertz CT molecular complexity index is 764. The molecule has 0 saturated heterocycles. The van der Waals surface area contributed by atoms with Gasteiger partial charge >= 0.3 is 0 Å². The van der Waals surface area contributed by atoms with E-state index < -0.39 is 0 Å². The lowest BCUT2D eigenvalue weighted by Gasteiger charge is -2.27. The Balaban J connectivity index is 1.33. The third-order valence-corrected chi connectivity index (χ3v) is 5.41. The maximum absolute atomic E-state index is 12.8. The first-order valence-corrected chi connectivity index (χ1v) is 9.04. The van der Waals surface area contributed by atoms with Crippen LogP contribution >= 0.6 is 0 Å². The summed E-state index contributed by atoms with van der Waals surface area (Å²) in [4.78, 5) is 19.2. The smallest absolute Gasteiger partial charge is 0.274 e. The molecular formula is C17H22N6O. The first-order chi connectivity index (χ1) is 11.8. The van der Waals surface area contributed by atoms with Crippen molar-refractivity contribution in [2.45, 2.75) is 58.2 Å². The fourth-order valence-corrected chi connectivity index (χ4v) is 3.80. The van der Waals surface area contributed by atoms with Crippen molar-refractivity contribution in [3.8, 4) is 0 Å². The minimum absolute atomic E-state index is 0.0230. The van der Waals surface area contributed by atoms with Gasteiger partial charge in [0.1, 0.15) is 17.3 Å². The highest BCUT2D eigenvalue weighted by atomic mass is 16.2. The molecule has 1 saturated carbocycles. The van der Waals surface area contributed by atoms with Gasteiger partial charge < -0.3 is 14.0 Å². The van der Waals surface area contributed by atoms with Crippen LogP contribution in [0.5, 0.6) is 0 Å². The van der Waals surface area contributed by atoms with E-state index in [-0.39, 0.29) is 5.91 Å². The van der Waals surface area contributed by atoms with Crippen LogP contribution in [-0.2, 0) is 32.5 Å². The first-order valence-electron chi connectivity index (χ1n) is 9.04. The van der Waals surface area contributed by atoms with Crippen LogP contribution in [-0.4, -0.2) is 41.7 Å². The zero-order valence-electron chi connectivity index (χ0n) is 13.8. The third kappa shape index (κ3) is 2.42. The SMILES string of the molecule is O=C(c1cn2c(n1)CCCC2)N1CCn2c(CC3CC3)nnc2C1. The van der Waals surface area contributed by atoms with Crippen molar-refractivity contribution in [3.05, 3.63) is 29.4 Å². The van der Waals surface area contributed by atoms with Crippen molar-refractivity contribution in [2.75, 3.05) is 6.54 Å². The molecule has 1 amide bonds. The fraction of sp³-hybridized carbons (Fsp3) is 0.647. The summed E-state index contributed by atoms with van der Waals surface area (Å²) in [5, 5.41) is 8.68. The highest BCUT2D eigenvalue weighted by Crippen LogP contribution is 2.32. The molecule has 0 aromatic carbocycles. The molecule has 0 atom stereocenters. The summed E-state index contributed by atoms with van der Waals surface area (Å²) in [6.45, 7) is 3.03. The first kappa shape index (κ1) is 14.2. The summed E-state index contributed by atoms with van der Waals surface area (Å²) in [6.07, 6.45) is 8.92. The van der Waals surface area contributed by atoms with Crippen molar-refractivity contribution in [2.24, 2.45) is 5.92 Å². The Morgan fingerprint density at radius 2 is 2.04 bits per heavy atom. The molecule has 5 rings (SSSR count). The van der Waals surface area contributed by atoms with Crippen LogP contribution in [0.25, 0.3) is 0 Å². The minimum atomic E-state index is 0.0230. The predicted molar refractivity (Wildman–Crippen MR) is 86.4 cm³/mol. The van der Waals surface area contributed by atoms with Crippen molar-refractivity contribution in [1.29, 1.82) is 0 Å². The zero-order chi connectivity index (χ0) is 16.1. The van der Waals surface area contributed by atoms with Crippen LogP contribution < -0.4 is 0 Å². The minimum Gasteiger partial charge on any atom is -0.334 e. The third-order valence-electron chi connectivity index (χ3n) is 5.41. The second kappa shape index (κ2) is 5.43. The quantitative estimate of drug-likeness (QED) is 0.855. The summed E-state index contributed by atoms with van der Waals surface area (Å²) in [5.74, 6) is 3.88. The molecule has 2 aromatic heterocycles. The Labute approximate surface area is 140 Å². The Morgan fingerprint density at radius 3 is 2.88 bits per heavy atom. The number of hydrogen-bond donors (Lipinski definition) is 0. The van der Waals surface area contributed by atoms with E-state index in [2.05, 4.69) is 24.3 Å².